The summed E-state index contributed by atoms with van der Waals surface area (Å²) in [5.41, 5.74) is 2.59. The van der Waals surface area contributed by atoms with E-state index < -0.39 is 0 Å². The molecule has 3 aromatic rings. The molecule has 0 spiro atoms. The SMILES string of the molecule is COc1ccc(OCc2csc(C(=O)Nc3ccc(C)c(Cl)c3)c2)cc1. The van der Waals surface area contributed by atoms with Crippen LogP contribution in [0.4, 0.5) is 5.69 Å². The Morgan fingerprint density at radius 3 is 2.54 bits per heavy atom. The molecule has 1 N–H and O–H groups in total. The number of nitrogens with one attached hydrogen (secondary N) is 1. The number of thiophene rings is 1. The lowest BCUT2D eigenvalue weighted by Gasteiger charge is -2.06. The van der Waals surface area contributed by atoms with E-state index in [-0.39, 0.29) is 5.91 Å². The fourth-order valence-electron chi connectivity index (χ4n) is 2.27. The summed E-state index contributed by atoms with van der Waals surface area (Å²) in [6.45, 7) is 2.31. The van der Waals surface area contributed by atoms with Crippen molar-refractivity contribution in [3.63, 3.8) is 0 Å². The van der Waals surface area contributed by atoms with E-state index >= 15 is 0 Å². The maximum atomic E-state index is 12.4. The smallest absolute Gasteiger partial charge is 0.265 e. The molecule has 0 atom stereocenters. The lowest BCUT2D eigenvalue weighted by Crippen LogP contribution is -2.10. The number of methoxy groups -OCH3 is 1. The fraction of sp³-hybridized carbons (Fsp3) is 0.150. The molecule has 0 aliphatic rings. The van der Waals surface area contributed by atoms with E-state index in [1.54, 1.807) is 13.2 Å². The second-order valence-electron chi connectivity index (χ2n) is 5.70. The van der Waals surface area contributed by atoms with Gasteiger partial charge in [0.15, 0.2) is 0 Å². The fourth-order valence-corrected chi connectivity index (χ4v) is 3.24. The molecule has 0 aliphatic carbocycles. The van der Waals surface area contributed by atoms with Crippen LogP contribution in [0.3, 0.4) is 0 Å². The molecule has 0 saturated carbocycles. The summed E-state index contributed by atoms with van der Waals surface area (Å²) in [7, 11) is 1.62. The Bertz CT molecular complexity index is 906. The van der Waals surface area contributed by atoms with E-state index in [0.29, 0.717) is 22.2 Å². The summed E-state index contributed by atoms with van der Waals surface area (Å²) in [6, 6.07) is 14.7. The van der Waals surface area contributed by atoms with Gasteiger partial charge >= 0.3 is 0 Å². The molecule has 134 valence electrons. The van der Waals surface area contributed by atoms with Crippen LogP contribution in [0.25, 0.3) is 0 Å². The highest BCUT2D eigenvalue weighted by molar-refractivity contribution is 7.12. The Kier molecular flexibility index (Phi) is 5.81. The van der Waals surface area contributed by atoms with E-state index in [1.165, 1.54) is 11.3 Å². The standard InChI is InChI=1S/C20H18ClNO3S/c1-13-3-4-15(10-18(13)21)22-20(23)19-9-14(12-26-19)11-25-17-7-5-16(24-2)6-8-17/h3-10,12H,11H2,1-2H3,(H,22,23). The molecular weight excluding hydrogens is 370 g/mol. The molecule has 0 aliphatic heterocycles. The number of amides is 1. The largest absolute Gasteiger partial charge is 0.497 e. The van der Waals surface area contributed by atoms with Crippen LogP contribution in [0.5, 0.6) is 11.5 Å². The molecule has 1 aromatic heterocycles. The van der Waals surface area contributed by atoms with Crippen LogP contribution in [0.2, 0.25) is 5.02 Å². The third kappa shape index (κ3) is 4.56. The van der Waals surface area contributed by atoms with Gasteiger partial charge in [-0.2, -0.15) is 0 Å². The molecule has 0 saturated heterocycles. The summed E-state index contributed by atoms with van der Waals surface area (Å²) < 4.78 is 10.9. The van der Waals surface area contributed by atoms with E-state index in [4.69, 9.17) is 21.1 Å². The lowest BCUT2D eigenvalue weighted by molar-refractivity contribution is 0.103. The maximum Gasteiger partial charge on any atom is 0.265 e. The second-order valence-corrected chi connectivity index (χ2v) is 7.02. The number of hydrogen-bond donors (Lipinski definition) is 1. The average Bonchev–Trinajstić information content (AvgIpc) is 3.13. The molecule has 1 amide bonds. The number of ether oxygens (including phenoxy) is 2. The number of rotatable bonds is 6. The summed E-state index contributed by atoms with van der Waals surface area (Å²) in [6.07, 6.45) is 0. The highest BCUT2D eigenvalue weighted by atomic mass is 35.5. The normalized spacial score (nSPS) is 10.4. The molecule has 26 heavy (non-hydrogen) atoms. The molecule has 0 fully saturated rings. The van der Waals surface area contributed by atoms with E-state index in [9.17, 15) is 4.79 Å². The third-order valence-corrected chi connectivity index (χ3v) is 5.16. The van der Waals surface area contributed by atoms with Gasteiger partial charge in [-0.25, -0.2) is 0 Å². The highest BCUT2D eigenvalue weighted by Crippen LogP contribution is 2.23. The minimum atomic E-state index is -0.161. The Morgan fingerprint density at radius 2 is 1.85 bits per heavy atom. The van der Waals surface area contributed by atoms with Crippen LogP contribution in [0.15, 0.2) is 53.9 Å². The predicted octanol–water partition coefficient (Wildman–Crippen LogP) is 5.55. The zero-order chi connectivity index (χ0) is 18.5. The van der Waals surface area contributed by atoms with Crippen LogP contribution < -0.4 is 14.8 Å². The van der Waals surface area contributed by atoms with Crippen molar-refractivity contribution in [3.05, 3.63) is 74.9 Å². The van der Waals surface area contributed by atoms with Gasteiger partial charge in [-0.15, -0.1) is 11.3 Å². The van der Waals surface area contributed by atoms with Crippen LogP contribution >= 0.6 is 22.9 Å². The first-order valence-electron chi connectivity index (χ1n) is 7.97. The summed E-state index contributed by atoms with van der Waals surface area (Å²) in [5.74, 6) is 1.37. The zero-order valence-corrected chi connectivity index (χ0v) is 16.0. The van der Waals surface area contributed by atoms with E-state index in [0.717, 1.165) is 22.6 Å². The Balaban J connectivity index is 1.59. The number of carbonyl (C=O) groups excluding carboxylic acids is 1. The molecule has 0 radical (unpaired) electrons. The topological polar surface area (TPSA) is 47.6 Å². The molecule has 0 bridgehead atoms. The van der Waals surface area contributed by atoms with Gasteiger partial charge < -0.3 is 14.8 Å². The van der Waals surface area contributed by atoms with Gasteiger partial charge in [0.1, 0.15) is 18.1 Å². The van der Waals surface area contributed by atoms with Crippen molar-refractivity contribution < 1.29 is 14.3 Å². The second kappa shape index (κ2) is 8.25. The zero-order valence-electron chi connectivity index (χ0n) is 14.4. The van der Waals surface area contributed by atoms with E-state index in [2.05, 4.69) is 5.32 Å². The minimum absolute atomic E-state index is 0.161. The Labute approximate surface area is 161 Å². The summed E-state index contributed by atoms with van der Waals surface area (Å²) in [4.78, 5) is 13.0. The molecule has 6 heteroatoms. The first kappa shape index (κ1) is 18.3. The van der Waals surface area contributed by atoms with Crippen molar-refractivity contribution in [1.29, 1.82) is 0 Å². The number of anilines is 1. The van der Waals surface area contributed by atoms with Crippen molar-refractivity contribution in [2.75, 3.05) is 12.4 Å². The van der Waals surface area contributed by atoms with Crippen molar-refractivity contribution in [2.45, 2.75) is 13.5 Å². The third-order valence-electron chi connectivity index (χ3n) is 3.77. The van der Waals surface area contributed by atoms with Crippen LogP contribution in [0.1, 0.15) is 20.8 Å². The van der Waals surface area contributed by atoms with Gasteiger partial charge in [0, 0.05) is 16.3 Å². The maximum absolute atomic E-state index is 12.4. The van der Waals surface area contributed by atoms with Gasteiger partial charge in [0.2, 0.25) is 0 Å². The van der Waals surface area contributed by atoms with Crippen molar-refractivity contribution in [2.24, 2.45) is 0 Å². The average molecular weight is 388 g/mol. The molecule has 2 aromatic carbocycles. The van der Waals surface area contributed by atoms with Crippen LogP contribution in [-0.4, -0.2) is 13.0 Å². The quantitative estimate of drug-likeness (QED) is 0.603. The predicted molar refractivity (Wildman–Crippen MR) is 106 cm³/mol. The first-order chi connectivity index (χ1) is 12.5. The summed E-state index contributed by atoms with van der Waals surface area (Å²) >= 11 is 7.47. The van der Waals surface area contributed by atoms with Crippen molar-refractivity contribution >= 4 is 34.5 Å². The van der Waals surface area contributed by atoms with Gasteiger partial charge in [0.25, 0.3) is 5.91 Å². The first-order valence-corrected chi connectivity index (χ1v) is 9.22. The van der Waals surface area contributed by atoms with Crippen LogP contribution in [-0.2, 0) is 6.61 Å². The van der Waals surface area contributed by atoms with Gasteiger partial charge in [0.05, 0.1) is 12.0 Å². The number of carbonyl (C=O) groups is 1. The van der Waals surface area contributed by atoms with Crippen molar-refractivity contribution in [3.8, 4) is 11.5 Å². The molecule has 3 rings (SSSR count). The number of aryl methyl sites for hydroxylation is 1. The number of hydrogen-bond acceptors (Lipinski definition) is 4. The van der Waals surface area contributed by atoms with Crippen molar-refractivity contribution in [1.82, 2.24) is 0 Å². The number of halogens is 1. The Morgan fingerprint density at radius 1 is 1.12 bits per heavy atom. The van der Waals surface area contributed by atoms with Crippen LogP contribution in [0, 0.1) is 6.92 Å². The monoisotopic (exact) mass is 387 g/mol. The Hall–Kier alpha value is -2.50. The minimum Gasteiger partial charge on any atom is -0.497 e. The van der Waals surface area contributed by atoms with Gasteiger partial charge in [-0.1, -0.05) is 17.7 Å². The van der Waals surface area contributed by atoms with Gasteiger partial charge in [-0.05, 0) is 60.3 Å². The lowest BCUT2D eigenvalue weighted by atomic mass is 10.2. The summed E-state index contributed by atoms with van der Waals surface area (Å²) in [5, 5.41) is 5.40. The molecular formula is C20H18ClNO3S. The van der Waals surface area contributed by atoms with Gasteiger partial charge in [-0.3, -0.25) is 4.79 Å². The molecule has 0 unspecified atom stereocenters. The highest BCUT2D eigenvalue weighted by Gasteiger charge is 2.11. The van der Waals surface area contributed by atoms with E-state index in [1.807, 2.05) is 54.8 Å². The number of benzene rings is 2. The molecule has 1 heterocycles. The molecule has 4 nitrogen and oxygen atoms in total.